The van der Waals surface area contributed by atoms with Gasteiger partial charge in [-0.1, -0.05) is 24.6 Å². The first kappa shape index (κ1) is 14.6. The first-order valence-electron chi connectivity index (χ1n) is 6.59. The fourth-order valence-corrected chi connectivity index (χ4v) is 3.48. The van der Waals surface area contributed by atoms with E-state index in [-0.39, 0.29) is 6.04 Å². The summed E-state index contributed by atoms with van der Waals surface area (Å²) < 4.78 is 0. The molecule has 0 radical (unpaired) electrons. The molecule has 1 heterocycles. The number of thiophene rings is 1. The third kappa shape index (κ3) is 3.19. The highest BCUT2D eigenvalue weighted by atomic mass is 35.5. The van der Waals surface area contributed by atoms with Crippen LogP contribution < -0.4 is 5.32 Å². The monoisotopic (exact) mass is 293 g/mol. The molecular formula is C16H20ClNS. The van der Waals surface area contributed by atoms with Crippen molar-refractivity contribution in [2.24, 2.45) is 0 Å². The van der Waals surface area contributed by atoms with Gasteiger partial charge in [0.25, 0.3) is 0 Å². The molecule has 2 aromatic rings. The number of hydrogen-bond acceptors (Lipinski definition) is 2. The van der Waals surface area contributed by atoms with Gasteiger partial charge in [-0.25, -0.2) is 0 Å². The molecule has 1 atom stereocenters. The van der Waals surface area contributed by atoms with Crippen LogP contribution in [-0.2, 0) is 0 Å². The molecule has 0 aliphatic heterocycles. The molecule has 0 spiro atoms. The maximum atomic E-state index is 6.20. The molecule has 1 unspecified atom stereocenters. The van der Waals surface area contributed by atoms with Crippen LogP contribution in [0.1, 0.15) is 39.4 Å². The minimum absolute atomic E-state index is 0.264. The number of nitrogens with one attached hydrogen (secondary N) is 1. The molecule has 0 saturated carbocycles. The Balaban J connectivity index is 2.47. The smallest absolute Gasteiger partial charge is 0.0673 e. The molecule has 1 aromatic carbocycles. The molecule has 1 aromatic heterocycles. The number of hydrogen-bond donors (Lipinski definition) is 1. The molecule has 0 amide bonds. The molecule has 0 aliphatic rings. The van der Waals surface area contributed by atoms with Crippen molar-refractivity contribution in [2.75, 3.05) is 6.54 Å². The average molecular weight is 294 g/mol. The molecule has 0 saturated heterocycles. The average Bonchev–Trinajstić information content (AvgIpc) is 2.78. The summed E-state index contributed by atoms with van der Waals surface area (Å²) in [6.45, 7) is 9.44. The van der Waals surface area contributed by atoms with E-state index in [1.54, 1.807) is 0 Å². The predicted octanol–water partition coefficient (Wildman–Crippen LogP) is 5.03. The Morgan fingerprint density at radius 1 is 1.16 bits per heavy atom. The summed E-state index contributed by atoms with van der Waals surface area (Å²) in [5.74, 6) is 0. The van der Waals surface area contributed by atoms with Gasteiger partial charge in [0, 0.05) is 14.8 Å². The standard InChI is InChI=1S/C16H20ClNS/c1-5-18-16(15-7-6-12(4)19-15)13-8-11(3)14(17)9-10(13)2/h6-9,16,18H,5H2,1-4H3. The van der Waals surface area contributed by atoms with Gasteiger partial charge in [0.05, 0.1) is 6.04 Å². The van der Waals surface area contributed by atoms with Crippen LogP contribution in [0.25, 0.3) is 0 Å². The fourth-order valence-electron chi connectivity index (χ4n) is 2.29. The lowest BCUT2D eigenvalue weighted by molar-refractivity contribution is 0.636. The van der Waals surface area contributed by atoms with Gasteiger partial charge in [-0.3, -0.25) is 0 Å². The van der Waals surface area contributed by atoms with Gasteiger partial charge < -0.3 is 5.32 Å². The Hall–Kier alpha value is -0.830. The first-order valence-corrected chi connectivity index (χ1v) is 7.78. The molecule has 0 bridgehead atoms. The van der Waals surface area contributed by atoms with Crippen molar-refractivity contribution in [1.29, 1.82) is 0 Å². The summed E-state index contributed by atoms with van der Waals surface area (Å²) in [6.07, 6.45) is 0. The quantitative estimate of drug-likeness (QED) is 0.834. The lowest BCUT2D eigenvalue weighted by Crippen LogP contribution is -2.22. The third-order valence-corrected chi connectivity index (χ3v) is 4.78. The van der Waals surface area contributed by atoms with E-state index in [0.29, 0.717) is 0 Å². The number of halogens is 1. The lowest BCUT2D eigenvalue weighted by atomic mass is 9.97. The largest absolute Gasteiger partial charge is 0.306 e. The van der Waals surface area contributed by atoms with E-state index in [4.69, 9.17) is 11.6 Å². The van der Waals surface area contributed by atoms with Crippen LogP contribution in [0, 0.1) is 20.8 Å². The molecular weight excluding hydrogens is 274 g/mol. The van der Waals surface area contributed by atoms with Gasteiger partial charge in [0.1, 0.15) is 0 Å². The molecule has 2 rings (SSSR count). The summed E-state index contributed by atoms with van der Waals surface area (Å²) in [6, 6.07) is 8.94. The Kier molecular flexibility index (Phi) is 4.67. The maximum Gasteiger partial charge on any atom is 0.0673 e. The number of aryl methyl sites for hydroxylation is 3. The van der Waals surface area contributed by atoms with Gasteiger partial charge in [0.2, 0.25) is 0 Å². The van der Waals surface area contributed by atoms with Crippen molar-refractivity contribution in [1.82, 2.24) is 5.32 Å². The van der Waals surface area contributed by atoms with E-state index in [2.05, 4.69) is 57.3 Å². The Bertz CT molecular complexity index is 574. The summed E-state index contributed by atoms with van der Waals surface area (Å²) in [4.78, 5) is 2.71. The minimum Gasteiger partial charge on any atom is -0.306 e. The van der Waals surface area contributed by atoms with Crippen LogP contribution in [0.2, 0.25) is 5.02 Å². The van der Waals surface area contributed by atoms with Crippen LogP contribution in [-0.4, -0.2) is 6.54 Å². The zero-order chi connectivity index (χ0) is 14.0. The van der Waals surface area contributed by atoms with Crippen LogP contribution in [0.4, 0.5) is 0 Å². The molecule has 0 aliphatic carbocycles. The van der Waals surface area contributed by atoms with Crippen LogP contribution in [0.15, 0.2) is 24.3 Å². The first-order chi connectivity index (χ1) is 9.02. The van der Waals surface area contributed by atoms with Crippen molar-refractivity contribution in [2.45, 2.75) is 33.7 Å². The maximum absolute atomic E-state index is 6.20. The molecule has 1 N–H and O–H groups in total. The van der Waals surface area contributed by atoms with Crippen molar-refractivity contribution < 1.29 is 0 Å². The second-order valence-corrected chi connectivity index (χ2v) is 6.62. The second-order valence-electron chi connectivity index (χ2n) is 4.90. The third-order valence-electron chi connectivity index (χ3n) is 3.31. The van der Waals surface area contributed by atoms with Gasteiger partial charge in [0.15, 0.2) is 0 Å². The topological polar surface area (TPSA) is 12.0 Å². The van der Waals surface area contributed by atoms with E-state index in [1.807, 2.05) is 11.3 Å². The molecule has 0 fully saturated rings. The fraction of sp³-hybridized carbons (Fsp3) is 0.375. The number of rotatable bonds is 4. The van der Waals surface area contributed by atoms with E-state index in [1.165, 1.54) is 20.9 Å². The van der Waals surface area contributed by atoms with Gasteiger partial charge in [-0.15, -0.1) is 11.3 Å². The SMILES string of the molecule is CCNC(c1ccc(C)s1)c1cc(C)c(Cl)cc1C. The highest BCUT2D eigenvalue weighted by Crippen LogP contribution is 2.32. The van der Waals surface area contributed by atoms with E-state index >= 15 is 0 Å². The summed E-state index contributed by atoms with van der Waals surface area (Å²) >= 11 is 8.05. The second kappa shape index (κ2) is 6.08. The van der Waals surface area contributed by atoms with Gasteiger partial charge >= 0.3 is 0 Å². The molecule has 3 heteroatoms. The van der Waals surface area contributed by atoms with Gasteiger partial charge in [-0.2, -0.15) is 0 Å². The molecule has 102 valence electrons. The molecule has 1 nitrogen and oxygen atoms in total. The summed E-state index contributed by atoms with van der Waals surface area (Å²) in [5.41, 5.74) is 3.71. The van der Waals surface area contributed by atoms with Crippen molar-refractivity contribution in [3.05, 3.63) is 55.7 Å². The van der Waals surface area contributed by atoms with Crippen LogP contribution >= 0.6 is 22.9 Å². The van der Waals surface area contributed by atoms with Gasteiger partial charge in [-0.05, 0) is 62.2 Å². The van der Waals surface area contributed by atoms with Crippen molar-refractivity contribution in [3.8, 4) is 0 Å². The van der Waals surface area contributed by atoms with Crippen LogP contribution in [0.3, 0.4) is 0 Å². The van der Waals surface area contributed by atoms with Crippen LogP contribution in [0.5, 0.6) is 0 Å². The summed E-state index contributed by atoms with van der Waals surface area (Å²) in [7, 11) is 0. The highest BCUT2D eigenvalue weighted by molar-refractivity contribution is 7.12. The Morgan fingerprint density at radius 3 is 2.47 bits per heavy atom. The summed E-state index contributed by atoms with van der Waals surface area (Å²) in [5, 5.41) is 4.43. The van der Waals surface area contributed by atoms with E-state index in [0.717, 1.165) is 17.1 Å². The minimum atomic E-state index is 0.264. The highest BCUT2D eigenvalue weighted by Gasteiger charge is 2.17. The Labute approximate surface area is 124 Å². The molecule has 19 heavy (non-hydrogen) atoms. The van der Waals surface area contributed by atoms with Crippen molar-refractivity contribution >= 4 is 22.9 Å². The van der Waals surface area contributed by atoms with E-state index in [9.17, 15) is 0 Å². The Morgan fingerprint density at radius 2 is 1.89 bits per heavy atom. The normalized spacial score (nSPS) is 12.7. The zero-order valence-electron chi connectivity index (χ0n) is 11.9. The predicted molar refractivity (Wildman–Crippen MR) is 85.5 cm³/mol. The van der Waals surface area contributed by atoms with E-state index < -0.39 is 0 Å². The zero-order valence-corrected chi connectivity index (χ0v) is 13.5. The number of benzene rings is 1. The lowest BCUT2D eigenvalue weighted by Gasteiger charge is -2.20. The van der Waals surface area contributed by atoms with Crippen molar-refractivity contribution in [3.63, 3.8) is 0 Å².